The monoisotopic (exact) mass is 266 g/mol. The lowest BCUT2D eigenvalue weighted by atomic mass is 10.0. The second kappa shape index (κ2) is 6.03. The van der Waals surface area contributed by atoms with Crippen LogP contribution in [0.2, 0.25) is 0 Å². The zero-order valence-electron chi connectivity index (χ0n) is 12.7. The molecule has 0 saturated carbocycles. The van der Waals surface area contributed by atoms with Gasteiger partial charge in [-0.25, -0.2) is 0 Å². The van der Waals surface area contributed by atoms with Crippen molar-refractivity contribution < 1.29 is 4.74 Å². The lowest BCUT2D eigenvalue weighted by Gasteiger charge is -2.31. The Labute approximate surface area is 115 Å². The molecule has 108 valence electrons. The number of hydrogen-bond donors (Lipinski definition) is 1. The van der Waals surface area contributed by atoms with E-state index < -0.39 is 0 Å². The van der Waals surface area contributed by atoms with E-state index in [0.717, 1.165) is 31.9 Å². The number of likely N-dealkylation sites (N-methyl/N-ethyl adjacent to an activating group) is 1. The maximum atomic E-state index is 5.78. The van der Waals surface area contributed by atoms with E-state index in [1.54, 1.807) is 0 Å². The molecule has 1 saturated heterocycles. The molecule has 0 radical (unpaired) electrons. The highest BCUT2D eigenvalue weighted by Gasteiger charge is 2.23. The Bertz CT molecular complexity index is 423. The molecule has 0 spiro atoms. The summed E-state index contributed by atoms with van der Waals surface area (Å²) in [6, 6.07) is 0.360. The number of aryl methyl sites for hydroxylation is 2. The first-order valence-electron chi connectivity index (χ1n) is 7.03. The molecule has 2 heterocycles. The van der Waals surface area contributed by atoms with E-state index >= 15 is 0 Å². The average Bonchev–Trinajstić information content (AvgIpc) is 2.63. The molecule has 1 aromatic rings. The van der Waals surface area contributed by atoms with Crippen LogP contribution < -0.4 is 5.32 Å². The quantitative estimate of drug-likeness (QED) is 0.883. The fourth-order valence-electron chi connectivity index (χ4n) is 2.83. The van der Waals surface area contributed by atoms with Gasteiger partial charge in [-0.15, -0.1) is 0 Å². The van der Waals surface area contributed by atoms with Crippen molar-refractivity contribution in [3.8, 4) is 0 Å². The molecule has 5 heteroatoms. The predicted octanol–water partition coefficient (Wildman–Crippen LogP) is 1.02. The van der Waals surface area contributed by atoms with Crippen molar-refractivity contribution in [2.45, 2.75) is 32.9 Å². The van der Waals surface area contributed by atoms with Crippen LogP contribution in [0.4, 0.5) is 0 Å². The average molecular weight is 266 g/mol. The van der Waals surface area contributed by atoms with Gasteiger partial charge in [-0.2, -0.15) is 5.10 Å². The summed E-state index contributed by atoms with van der Waals surface area (Å²) in [6.45, 7) is 10.1. The lowest BCUT2D eigenvalue weighted by molar-refractivity contribution is 0.00384. The highest BCUT2D eigenvalue weighted by Crippen LogP contribution is 2.25. The highest BCUT2D eigenvalue weighted by molar-refractivity contribution is 5.27. The van der Waals surface area contributed by atoms with Gasteiger partial charge in [0, 0.05) is 44.0 Å². The first-order chi connectivity index (χ1) is 9.00. The first kappa shape index (κ1) is 14.5. The van der Waals surface area contributed by atoms with Crippen molar-refractivity contribution in [2.24, 2.45) is 7.05 Å². The second-order valence-corrected chi connectivity index (χ2v) is 5.52. The van der Waals surface area contributed by atoms with E-state index in [1.165, 1.54) is 11.3 Å². The number of nitrogens with zero attached hydrogens (tertiary/aromatic N) is 3. The maximum absolute atomic E-state index is 5.78. The molecule has 5 nitrogen and oxygen atoms in total. The summed E-state index contributed by atoms with van der Waals surface area (Å²) < 4.78 is 7.74. The van der Waals surface area contributed by atoms with Crippen molar-refractivity contribution in [3.63, 3.8) is 0 Å². The van der Waals surface area contributed by atoms with Crippen LogP contribution in [0.5, 0.6) is 0 Å². The third kappa shape index (κ3) is 3.16. The van der Waals surface area contributed by atoms with Gasteiger partial charge in [-0.1, -0.05) is 0 Å². The number of hydrogen-bond acceptors (Lipinski definition) is 4. The number of ether oxygens (including phenoxy) is 1. The normalized spacial score (nSPS) is 21.9. The Morgan fingerprint density at radius 1 is 1.53 bits per heavy atom. The van der Waals surface area contributed by atoms with Crippen molar-refractivity contribution in [1.82, 2.24) is 20.0 Å². The van der Waals surface area contributed by atoms with E-state index in [4.69, 9.17) is 4.74 Å². The lowest BCUT2D eigenvalue weighted by Crippen LogP contribution is -2.44. The number of aromatic nitrogens is 2. The van der Waals surface area contributed by atoms with Gasteiger partial charge in [0.15, 0.2) is 0 Å². The van der Waals surface area contributed by atoms with Gasteiger partial charge in [0.25, 0.3) is 0 Å². The maximum Gasteiger partial charge on any atom is 0.0826 e. The minimum Gasteiger partial charge on any atom is -0.374 e. The molecule has 0 aromatic carbocycles. The Balaban J connectivity index is 2.03. The van der Waals surface area contributed by atoms with E-state index in [9.17, 15) is 0 Å². The molecule has 19 heavy (non-hydrogen) atoms. The molecule has 1 N–H and O–H groups in total. The summed E-state index contributed by atoms with van der Waals surface area (Å²) in [5.74, 6) is 0. The molecule has 0 aliphatic carbocycles. The van der Waals surface area contributed by atoms with E-state index in [2.05, 4.69) is 43.1 Å². The molecule has 1 aliphatic rings. The molecule has 0 amide bonds. The Hall–Kier alpha value is -0.910. The van der Waals surface area contributed by atoms with Crippen LogP contribution in [0.25, 0.3) is 0 Å². The van der Waals surface area contributed by atoms with Gasteiger partial charge in [0.05, 0.1) is 18.4 Å². The fourth-order valence-corrected chi connectivity index (χ4v) is 2.83. The first-order valence-corrected chi connectivity index (χ1v) is 7.03. The summed E-state index contributed by atoms with van der Waals surface area (Å²) in [4.78, 5) is 2.36. The molecule has 0 bridgehead atoms. The summed E-state index contributed by atoms with van der Waals surface area (Å²) in [7, 11) is 4.17. The summed E-state index contributed by atoms with van der Waals surface area (Å²) >= 11 is 0. The topological polar surface area (TPSA) is 42.3 Å². The minimum absolute atomic E-state index is 0.290. The molecular weight excluding hydrogens is 240 g/mol. The summed E-state index contributed by atoms with van der Waals surface area (Å²) in [6.07, 6.45) is 0.290. The van der Waals surface area contributed by atoms with Gasteiger partial charge in [-0.3, -0.25) is 9.58 Å². The van der Waals surface area contributed by atoms with Crippen molar-refractivity contribution in [1.29, 1.82) is 0 Å². The van der Waals surface area contributed by atoms with Gasteiger partial charge in [0.1, 0.15) is 0 Å². The van der Waals surface area contributed by atoms with Gasteiger partial charge >= 0.3 is 0 Å². The van der Waals surface area contributed by atoms with Crippen LogP contribution >= 0.6 is 0 Å². The molecule has 1 aromatic heterocycles. The largest absolute Gasteiger partial charge is 0.374 e. The van der Waals surface area contributed by atoms with Gasteiger partial charge in [-0.05, 0) is 27.8 Å². The van der Waals surface area contributed by atoms with Gasteiger partial charge in [0.2, 0.25) is 0 Å². The highest BCUT2D eigenvalue weighted by atomic mass is 16.5. The molecule has 2 atom stereocenters. The van der Waals surface area contributed by atoms with E-state index in [1.807, 2.05) is 11.7 Å². The standard InChI is InChI=1S/C14H26N4O/c1-10-14(12(3)18(5)16-10)11(2)17(4)9-13-8-15-6-7-19-13/h11,13,15H,6-9H2,1-5H3. The smallest absolute Gasteiger partial charge is 0.0826 e. The van der Waals surface area contributed by atoms with Crippen LogP contribution in [0.1, 0.15) is 29.9 Å². The number of morpholine rings is 1. The molecule has 1 fully saturated rings. The van der Waals surface area contributed by atoms with E-state index in [0.29, 0.717) is 12.1 Å². The van der Waals surface area contributed by atoms with E-state index in [-0.39, 0.29) is 0 Å². The zero-order chi connectivity index (χ0) is 14.0. The Kier molecular flexibility index (Phi) is 4.60. The molecular formula is C14H26N4O. The number of nitrogens with one attached hydrogen (secondary N) is 1. The molecule has 2 rings (SSSR count). The van der Waals surface area contributed by atoms with Crippen molar-refractivity contribution >= 4 is 0 Å². The van der Waals surface area contributed by atoms with Crippen LogP contribution in [-0.2, 0) is 11.8 Å². The molecule has 2 unspecified atom stereocenters. The third-order valence-corrected chi connectivity index (χ3v) is 4.14. The third-order valence-electron chi connectivity index (χ3n) is 4.14. The van der Waals surface area contributed by atoms with Crippen LogP contribution in [0.3, 0.4) is 0 Å². The SMILES string of the molecule is Cc1nn(C)c(C)c1C(C)N(C)CC1CNCCO1. The Morgan fingerprint density at radius 2 is 2.26 bits per heavy atom. The van der Waals surface area contributed by atoms with Crippen LogP contribution in [0.15, 0.2) is 0 Å². The van der Waals surface area contributed by atoms with Crippen molar-refractivity contribution in [3.05, 3.63) is 17.0 Å². The van der Waals surface area contributed by atoms with Crippen molar-refractivity contribution in [2.75, 3.05) is 33.3 Å². The van der Waals surface area contributed by atoms with Gasteiger partial charge < -0.3 is 10.1 Å². The number of rotatable bonds is 4. The van der Waals surface area contributed by atoms with Crippen LogP contribution in [0, 0.1) is 13.8 Å². The van der Waals surface area contributed by atoms with Crippen LogP contribution in [-0.4, -0.2) is 54.1 Å². The summed E-state index contributed by atoms with van der Waals surface area (Å²) in [5.41, 5.74) is 3.72. The fraction of sp³-hybridized carbons (Fsp3) is 0.786. The zero-order valence-corrected chi connectivity index (χ0v) is 12.7. The second-order valence-electron chi connectivity index (χ2n) is 5.52. The summed E-state index contributed by atoms with van der Waals surface area (Å²) in [5, 5.41) is 7.88. The Morgan fingerprint density at radius 3 is 2.79 bits per heavy atom. The molecule has 1 aliphatic heterocycles. The predicted molar refractivity (Wildman–Crippen MR) is 76.3 cm³/mol. The minimum atomic E-state index is 0.290.